The fourth-order valence-corrected chi connectivity index (χ4v) is 4.33. The molecular weight excluding hydrogens is 578 g/mol. The normalized spacial score (nSPS) is 14.7. The van der Waals surface area contributed by atoms with Gasteiger partial charge >= 0.3 is 6.01 Å². The number of methoxy groups -OCH3 is 1. The molecule has 0 bridgehead atoms. The van der Waals surface area contributed by atoms with Crippen LogP contribution in [-0.4, -0.2) is 65.7 Å². The molecule has 10 nitrogen and oxygen atoms in total. The minimum Gasteiger partial charge on any atom is -0.485 e. The number of halogens is 5. The third-order valence-corrected chi connectivity index (χ3v) is 6.36. The van der Waals surface area contributed by atoms with Crippen molar-refractivity contribution in [2.24, 2.45) is 0 Å². The number of benzene rings is 1. The van der Waals surface area contributed by atoms with Crippen LogP contribution in [0.5, 0.6) is 11.8 Å². The highest BCUT2D eigenvalue weighted by atomic mass is 35.5. The van der Waals surface area contributed by atoms with Crippen molar-refractivity contribution in [2.75, 3.05) is 26.9 Å². The molecule has 2 N–H and O–H groups in total. The minimum atomic E-state index is -2.76. The average molecular weight is 600 g/mol. The van der Waals surface area contributed by atoms with Gasteiger partial charge in [-0.05, 0) is 25.1 Å². The fourth-order valence-electron chi connectivity index (χ4n) is 3.78. The molecule has 3 aromatic rings. The Labute approximate surface area is 236 Å². The van der Waals surface area contributed by atoms with Gasteiger partial charge < -0.3 is 24.8 Å². The van der Waals surface area contributed by atoms with E-state index in [1.807, 2.05) is 0 Å². The lowest BCUT2D eigenvalue weighted by atomic mass is 9.94. The molecule has 0 radical (unpaired) electrons. The minimum absolute atomic E-state index is 0.0375. The molecule has 1 aliphatic rings. The van der Waals surface area contributed by atoms with Crippen LogP contribution in [0.4, 0.5) is 13.2 Å². The highest BCUT2D eigenvalue weighted by Crippen LogP contribution is 2.39. The van der Waals surface area contributed by atoms with Crippen LogP contribution in [0.15, 0.2) is 36.8 Å². The molecule has 2 aromatic heterocycles. The van der Waals surface area contributed by atoms with Gasteiger partial charge in [-0.3, -0.25) is 14.6 Å². The molecule has 0 saturated carbocycles. The molecule has 212 valence electrons. The summed E-state index contributed by atoms with van der Waals surface area (Å²) in [4.78, 5) is 37.7. The van der Waals surface area contributed by atoms with Crippen molar-refractivity contribution in [3.63, 3.8) is 0 Å². The first kappa shape index (κ1) is 29.3. The first-order valence-electron chi connectivity index (χ1n) is 11.7. The third kappa shape index (κ3) is 6.37. The molecule has 2 amide bonds. The summed E-state index contributed by atoms with van der Waals surface area (Å²) < 4.78 is 55.8. The molecule has 0 aliphatic carbocycles. The van der Waals surface area contributed by atoms with E-state index in [2.05, 4.69) is 25.6 Å². The lowest BCUT2D eigenvalue weighted by Gasteiger charge is -2.40. The second-order valence-corrected chi connectivity index (χ2v) is 9.58. The Hall–Kier alpha value is -3.68. The molecular formula is C25H22Cl2F3N5O5. The monoisotopic (exact) mass is 599 g/mol. The molecule has 1 aromatic carbocycles. The van der Waals surface area contributed by atoms with Crippen LogP contribution in [0.25, 0.3) is 11.1 Å². The number of nitrogens with zero attached hydrogens (tertiary/aromatic N) is 3. The number of amides is 2. The van der Waals surface area contributed by atoms with Gasteiger partial charge in [-0.1, -0.05) is 23.2 Å². The number of pyridine rings is 1. The number of carbonyl (C=O) groups excluding carboxylic acids is 2. The lowest BCUT2D eigenvalue weighted by molar-refractivity contribution is -0.147. The molecule has 1 aliphatic heterocycles. The fraction of sp³-hybridized carbons (Fsp3) is 0.320. The van der Waals surface area contributed by atoms with E-state index in [9.17, 15) is 18.4 Å². The average Bonchev–Trinajstić information content (AvgIpc) is 2.89. The summed E-state index contributed by atoms with van der Waals surface area (Å²) >= 11 is 12.2. The van der Waals surface area contributed by atoms with Crippen molar-refractivity contribution in [3.8, 4) is 22.9 Å². The number of hydrogen-bond donors (Lipinski definition) is 2. The molecule has 4 rings (SSSR count). The SMILES string of the molecule is COc1ncc(C(=O)NC2(C(=O)NC(C)c3ncc(-c4cc(Cl)cc(Cl)c4OCC(F)F)cc3F)COC2)cn1. The van der Waals surface area contributed by atoms with Crippen LogP contribution in [0.2, 0.25) is 10.0 Å². The first-order chi connectivity index (χ1) is 19.0. The molecule has 1 saturated heterocycles. The van der Waals surface area contributed by atoms with E-state index in [0.29, 0.717) is 0 Å². The second kappa shape index (κ2) is 12.2. The Bertz CT molecular complexity index is 1410. The Kier molecular flexibility index (Phi) is 8.96. The highest BCUT2D eigenvalue weighted by Gasteiger charge is 2.48. The zero-order chi connectivity index (χ0) is 29.0. The molecule has 0 spiro atoms. The lowest BCUT2D eigenvalue weighted by Crippen LogP contribution is -2.70. The summed E-state index contributed by atoms with van der Waals surface area (Å²) in [5.41, 5.74) is -1.12. The van der Waals surface area contributed by atoms with Crippen molar-refractivity contribution >= 4 is 35.0 Å². The molecule has 3 heterocycles. The summed E-state index contributed by atoms with van der Waals surface area (Å²) in [6.45, 7) is 0.349. The van der Waals surface area contributed by atoms with E-state index in [4.69, 9.17) is 37.4 Å². The number of hydrogen-bond acceptors (Lipinski definition) is 8. The van der Waals surface area contributed by atoms with Gasteiger partial charge in [0.15, 0.2) is 5.54 Å². The predicted molar refractivity (Wildman–Crippen MR) is 137 cm³/mol. The molecule has 1 fully saturated rings. The molecule has 40 heavy (non-hydrogen) atoms. The maximum atomic E-state index is 15.2. The summed E-state index contributed by atoms with van der Waals surface area (Å²) in [6, 6.07) is 2.92. The van der Waals surface area contributed by atoms with Gasteiger partial charge in [0.25, 0.3) is 18.2 Å². The zero-order valence-electron chi connectivity index (χ0n) is 21.0. The van der Waals surface area contributed by atoms with E-state index in [1.54, 1.807) is 0 Å². The zero-order valence-corrected chi connectivity index (χ0v) is 22.5. The van der Waals surface area contributed by atoms with Crippen LogP contribution in [0, 0.1) is 5.82 Å². The maximum Gasteiger partial charge on any atom is 0.316 e. The van der Waals surface area contributed by atoms with Crippen LogP contribution < -0.4 is 20.1 Å². The maximum absolute atomic E-state index is 15.2. The molecule has 15 heteroatoms. The van der Waals surface area contributed by atoms with Gasteiger partial charge in [0.2, 0.25) is 0 Å². The third-order valence-electron chi connectivity index (χ3n) is 5.86. The van der Waals surface area contributed by atoms with Gasteiger partial charge in [0.1, 0.15) is 18.2 Å². The van der Waals surface area contributed by atoms with Gasteiger partial charge in [-0.2, -0.15) is 0 Å². The van der Waals surface area contributed by atoms with Gasteiger partial charge in [0, 0.05) is 34.7 Å². The number of ether oxygens (including phenoxy) is 3. The molecule has 1 unspecified atom stereocenters. The van der Waals surface area contributed by atoms with Crippen molar-refractivity contribution < 1.29 is 37.0 Å². The van der Waals surface area contributed by atoms with E-state index in [1.165, 1.54) is 44.8 Å². The van der Waals surface area contributed by atoms with Crippen LogP contribution >= 0.6 is 23.2 Å². The molecule has 1 atom stereocenters. The Balaban J connectivity index is 1.50. The summed E-state index contributed by atoms with van der Waals surface area (Å²) in [7, 11) is 1.38. The van der Waals surface area contributed by atoms with Gasteiger partial charge in [-0.15, -0.1) is 0 Å². The smallest absolute Gasteiger partial charge is 0.316 e. The number of nitrogens with one attached hydrogen (secondary N) is 2. The van der Waals surface area contributed by atoms with E-state index >= 15 is 4.39 Å². The summed E-state index contributed by atoms with van der Waals surface area (Å²) in [6.07, 6.45) is 0.992. The number of rotatable bonds is 10. The van der Waals surface area contributed by atoms with Gasteiger partial charge in [-0.25, -0.2) is 23.1 Å². The van der Waals surface area contributed by atoms with E-state index in [0.717, 1.165) is 6.07 Å². The van der Waals surface area contributed by atoms with E-state index in [-0.39, 0.29) is 57.4 Å². The number of aromatic nitrogens is 3. The summed E-state index contributed by atoms with van der Waals surface area (Å²) in [5.74, 6) is -2.15. The van der Waals surface area contributed by atoms with Crippen molar-refractivity contribution in [1.82, 2.24) is 25.6 Å². The van der Waals surface area contributed by atoms with Crippen LogP contribution in [-0.2, 0) is 9.53 Å². The Morgan fingerprint density at radius 2 is 1.82 bits per heavy atom. The predicted octanol–water partition coefficient (Wildman–Crippen LogP) is 4.01. The highest BCUT2D eigenvalue weighted by molar-refractivity contribution is 6.36. The topological polar surface area (TPSA) is 125 Å². The standard InChI is InChI=1S/C25H22Cl2F3N5O5/c1-12(34-23(37)25(10-39-11-25)35-22(36)14-7-32-24(38-2)33-8-14)20-18(28)3-13(6-31-20)16-4-15(26)5-17(27)21(16)40-9-19(29)30/h3-8,12,19H,9-11H2,1-2H3,(H,34,37)(H,35,36). The van der Waals surface area contributed by atoms with Gasteiger partial charge in [0.05, 0.1) is 42.6 Å². The quantitative estimate of drug-likeness (QED) is 0.358. The van der Waals surface area contributed by atoms with Crippen molar-refractivity contribution in [2.45, 2.75) is 24.9 Å². The second-order valence-electron chi connectivity index (χ2n) is 8.74. The summed E-state index contributed by atoms with van der Waals surface area (Å²) in [5, 5.41) is 5.39. The van der Waals surface area contributed by atoms with Crippen LogP contribution in [0.3, 0.4) is 0 Å². The van der Waals surface area contributed by atoms with Crippen LogP contribution in [0.1, 0.15) is 29.0 Å². The van der Waals surface area contributed by atoms with E-state index < -0.39 is 42.2 Å². The largest absolute Gasteiger partial charge is 0.485 e. The number of alkyl halides is 2. The van der Waals surface area contributed by atoms with Crippen molar-refractivity contribution in [3.05, 3.63) is 63.9 Å². The Morgan fingerprint density at radius 1 is 1.12 bits per heavy atom. The number of carbonyl (C=O) groups is 2. The Morgan fingerprint density at radius 3 is 2.40 bits per heavy atom. The first-order valence-corrected chi connectivity index (χ1v) is 12.4. The van der Waals surface area contributed by atoms with Crippen molar-refractivity contribution in [1.29, 1.82) is 0 Å².